The maximum atomic E-state index is 6.03. The highest BCUT2D eigenvalue weighted by atomic mass is 79.9. The molecule has 1 aromatic carbocycles. The van der Waals surface area contributed by atoms with E-state index in [4.69, 9.17) is 11.6 Å². The number of aromatic nitrogens is 1. The third-order valence-corrected chi connectivity index (χ3v) is 3.97. The van der Waals surface area contributed by atoms with E-state index in [1.165, 1.54) is 11.1 Å². The Kier molecular flexibility index (Phi) is 4.02. The molecule has 0 radical (unpaired) electrons. The number of hydrogen-bond acceptors (Lipinski definition) is 2. The van der Waals surface area contributed by atoms with Crippen LogP contribution in [0.5, 0.6) is 0 Å². The van der Waals surface area contributed by atoms with Crippen LogP contribution in [-0.4, -0.2) is 4.98 Å². The van der Waals surface area contributed by atoms with E-state index in [0.29, 0.717) is 5.02 Å². The van der Waals surface area contributed by atoms with Gasteiger partial charge in [0.25, 0.3) is 0 Å². The average Bonchev–Trinajstić information content (AvgIpc) is 2.33. The number of pyridine rings is 1. The Balaban J connectivity index is 2.13. The van der Waals surface area contributed by atoms with E-state index in [1.54, 1.807) is 6.20 Å². The number of benzene rings is 1. The number of nitrogens with one attached hydrogen (secondary N) is 1. The Morgan fingerprint density at radius 2 is 2.18 bits per heavy atom. The van der Waals surface area contributed by atoms with Crippen molar-refractivity contribution in [1.82, 2.24) is 4.98 Å². The van der Waals surface area contributed by atoms with Gasteiger partial charge in [0.2, 0.25) is 0 Å². The molecule has 2 nitrogen and oxygen atoms in total. The Morgan fingerprint density at radius 1 is 1.35 bits per heavy atom. The molecule has 1 aromatic heterocycles. The summed E-state index contributed by atoms with van der Waals surface area (Å²) in [6.45, 7) is 2.81. The van der Waals surface area contributed by atoms with E-state index in [1.807, 2.05) is 30.5 Å². The smallest absolute Gasteiger partial charge is 0.0593 e. The van der Waals surface area contributed by atoms with Gasteiger partial charge in [0.15, 0.2) is 0 Å². The van der Waals surface area contributed by atoms with E-state index in [9.17, 15) is 0 Å². The molecule has 0 spiro atoms. The van der Waals surface area contributed by atoms with Crippen molar-refractivity contribution in [1.29, 1.82) is 0 Å². The number of anilines is 1. The fourth-order valence-corrected chi connectivity index (χ4v) is 2.09. The Bertz CT molecular complexity index is 529. The van der Waals surface area contributed by atoms with Gasteiger partial charge in [-0.3, -0.25) is 4.98 Å². The molecule has 88 valence electrons. The molecule has 0 aliphatic heterocycles. The zero-order valence-electron chi connectivity index (χ0n) is 9.37. The van der Waals surface area contributed by atoms with Crippen LogP contribution >= 0.6 is 27.5 Å². The number of rotatable bonds is 3. The lowest BCUT2D eigenvalue weighted by Crippen LogP contribution is -2.02. The molecule has 0 fully saturated rings. The van der Waals surface area contributed by atoms with Gasteiger partial charge in [0.05, 0.1) is 15.2 Å². The van der Waals surface area contributed by atoms with Crippen LogP contribution in [0.15, 0.2) is 41.1 Å². The maximum absolute atomic E-state index is 6.03. The molecule has 2 aromatic rings. The summed E-state index contributed by atoms with van der Waals surface area (Å²) < 4.78 is 0.892. The van der Waals surface area contributed by atoms with E-state index < -0.39 is 0 Å². The zero-order chi connectivity index (χ0) is 12.3. The summed E-state index contributed by atoms with van der Waals surface area (Å²) in [6.07, 6.45) is 3.68. The quantitative estimate of drug-likeness (QED) is 0.907. The fourth-order valence-electron chi connectivity index (χ4n) is 1.51. The first-order valence-electron chi connectivity index (χ1n) is 5.26. The summed E-state index contributed by atoms with van der Waals surface area (Å²) >= 11 is 9.49. The summed E-state index contributed by atoms with van der Waals surface area (Å²) in [7, 11) is 0. The molecule has 4 heteroatoms. The van der Waals surface area contributed by atoms with Crippen LogP contribution < -0.4 is 5.32 Å². The van der Waals surface area contributed by atoms with Crippen LogP contribution in [0.1, 0.15) is 11.1 Å². The standard InChI is InChI=1S/C13H12BrClN2/c1-9-5-6-16-7-10(9)8-17-12-4-2-3-11(15)13(12)14/h2-7,17H,8H2,1H3. The molecule has 0 unspecified atom stereocenters. The van der Waals surface area contributed by atoms with Crippen molar-refractivity contribution in [2.45, 2.75) is 13.5 Å². The van der Waals surface area contributed by atoms with Crippen molar-refractivity contribution in [3.8, 4) is 0 Å². The average molecular weight is 312 g/mol. The minimum Gasteiger partial charge on any atom is -0.380 e. The van der Waals surface area contributed by atoms with Gasteiger partial charge in [0.1, 0.15) is 0 Å². The highest BCUT2D eigenvalue weighted by molar-refractivity contribution is 9.10. The van der Waals surface area contributed by atoms with Crippen LogP contribution in [0.3, 0.4) is 0 Å². The lowest BCUT2D eigenvalue weighted by molar-refractivity contribution is 1.08. The molecule has 1 heterocycles. The van der Waals surface area contributed by atoms with Crippen molar-refractivity contribution >= 4 is 33.2 Å². The van der Waals surface area contributed by atoms with Gasteiger partial charge >= 0.3 is 0 Å². The van der Waals surface area contributed by atoms with Crippen molar-refractivity contribution in [2.24, 2.45) is 0 Å². The van der Waals surface area contributed by atoms with E-state index in [0.717, 1.165) is 16.7 Å². The van der Waals surface area contributed by atoms with Crippen LogP contribution in [0, 0.1) is 6.92 Å². The van der Waals surface area contributed by atoms with Gasteiger partial charge in [0, 0.05) is 18.9 Å². The predicted octanol–water partition coefficient (Wildman–Crippen LogP) is 4.42. The van der Waals surface area contributed by atoms with E-state index >= 15 is 0 Å². The van der Waals surface area contributed by atoms with Crippen LogP contribution in [-0.2, 0) is 6.54 Å². The van der Waals surface area contributed by atoms with Gasteiger partial charge in [-0.15, -0.1) is 0 Å². The molecule has 17 heavy (non-hydrogen) atoms. The molecule has 0 atom stereocenters. The van der Waals surface area contributed by atoms with Crippen LogP contribution in [0.2, 0.25) is 5.02 Å². The number of nitrogens with zero attached hydrogens (tertiary/aromatic N) is 1. The monoisotopic (exact) mass is 310 g/mol. The van der Waals surface area contributed by atoms with Crippen LogP contribution in [0.4, 0.5) is 5.69 Å². The molecular weight excluding hydrogens is 300 g/mol. The van der Waals surface area contributed by atoms with E-state index in [2.05, 4.69) is 33.2 Å². The third-order valence-electron chi connectivity index (χ3n) is 2.57. The maximum Gasteiger partial charge on any atom is 0.0593 e. The largest absolute Gasteiger partial charge is 0.380 e. The minimum atomic E-state index is 0.706. The summed E-state index contributed by atoms with van der Waals surface area (Å²) in [5.74, 6) is 0. The molecule has 0 aliphatic carbocycles. The molecule has 0 aliphatic rings. The first-order chi connectivity index (χ1) is 8.18. The fraction of sp³-hybridized carbons (Fsp3) is 0.154. The van der Waals surface area contributed by atoms with Crippen molar-refractivity contribution in [3.63, 3.8) is 0 Å². The van der Waals surface area contributed by atoms with Crippen molar-refractivity contribution < 1.29 is 0 Å². The molecule has 1 N–H and O–H groups in total. The first kappa shape index (κ1) is 12.4. The second-order valence-electron chi connectivity index (χ2n) is 3.76. The lowest BCUT2D eigenvalue weighted by Gasteiger charge is -2.10. The molecule has 0 saturated carbocycles. The van der Waals surface area contributed by atoms with Gasteiger partial charge in [-0.05, 0) is 52.2 Å². The topological polar surface area (TPSA) is 24.9 Å². The molecule has 0 saturated heterocycles. The second kappa shape index (κ2) is 5.52. The minimum absolute atomic E-state index is 0.706. The van der Waals surface area contributed by atoms with Gasteiger partial charge in [-0.25, -0.2) is 0 Å². The van der Waals surface area contributed by atoms with Crippen molar-refractivity contribution in [2.75, 3.05) is 5.32 Å². The SMILES string of the molecule is Cc1ccncc1CNc1cccc(Cl)c1Br. The summed E-state index contributed by atoms with van der Waals surface area (Å²) in [5.41, 5.74) is 3.39. The van der Waals surface area contributed by atoms with E-state index in [-0.39, 0.29) is 0 Å². The van der Waals surface area contributed by atoms with Crippen LogP contribution in [0.25, 0.3) is 0 Å². The lowest BCUT2D eigenvalue weighted by atomic mass is 10.1. The second-order valence-corrected chi connectivity index (χ2v) is 4.96. The highest BCUT2D eigenvalue weighted by Gasteiger charge is 2.04. The Morgan fingerprint density at radius 3 is 2.94 bits per heavy atom. The number of aryl methyl sites for hydroxylation is 1. The Hall–Kier alpha value is -1.06. The molecule has 0 bridgehead atoms. The normalized spacial score (nSPS) is 10.3. The number of hydrogen-bond donors (Lipinski definition) is 1. The number of halogens is 2. The Labute approximate surface area is 114 Å². The van der Waals surface area contributed by atoms with Gasteiger partial charge in [-0.2, -0.15) is 0 Å². The summed E-state index contributed by atoms with van der Waals surface area (Å²) in [4.78, 5) is 4.12. The first-order valence-corrected chi connectivity index (χ1v) is 6.43. The van der Waals surface area contributed by atoms with Gasteiger partial charge in [-0.1, -0.05) is 17.7 Å². The third kappa shape index (κ3) is 2.99. The molecule has 2 rings (SSSR count). The zero-order valence-corrected chi connectivity index (χ0v) is 11.7. The summed E-state index contributed by atoms with van der Waals surface area (Å²) in [6, 6.07) is 7.77. The highest BCUT2D eigenvalue weighted by Crippen LogP contribution is 2.30. The van der Waals surface area contributed by atoms with Gasteiger partial charge < -0.3 is 5.32 Å². The molecule has 0 amide bonds. The predicted molar refractivity (Wildman–Crippen MR) is 75.5 cm³/mol. The van der Waals surface area contributed by atoms with Crippen molar-refractivity contribution in [3.05, 3.63) is 57.3 Å². The molecular formula is C13H12BrClN2. The summed E-state index contributed by atoms with van der Waals surface area (Å²) in [5, 5.41) is 4.05.